The Hall–Kier alpha value is -3.56. The first kappa shape index (κ1) is 32.9. The zero-order valence-corrected chi connectivity index (χ0v) is 26.2. The molecule has 0 saturated carbocycles. The molecule has 42 heavy (non-hydrogen) atoms. The monoisotopic (exact) mass is 614 g/mol. The lowest BCUT2D eigenvalue weighted by Gasteiger charge is -2.31. The fourth-order valence-electron chi connectivity index (χ4n) is 4.45. The summed E-state index contributed by atoms with van der Waals surface area (Å²) in [5.74, 6) is 0.258. The van der Waals surface area contributed by atoms with Gasteiger partial charge in [-0.15, -0.1) is 0 Å². The molecule has 0 bridgehead atoms. The molecule has 3 aromatic carbocycles. The molecule has 10 heteroatoms. The smallest absolute Gasteiger partial charge is 0.305 e. The van der Waals surface area contributed by atoms with E-state index in [1.165, 1.54) is 10.4 Å². The lowest BCUT2D eigenvalue weighted by Crippen LogP contribution is -2.39. The van der Waals surface area contributed by atoms with Crippen molar-refractivity contribution < 1.29 is 27.5 Å². The van der Waals surface area contributed by atoms with Crippen LogP contribution >= 0.6 is 11.6 Å². The van der Waals surface area contributed by atoms with Crippen LogP contribution in [0.2, 0.25) is 5.02 Å². The molecule has 0 fully saturated rings. The van der Waals surface area contributed by atoms with Crippen molar-refractivity contribution in [3.05, 3.63) is 88.4 Å². The van der Waals surface area contributed by atoms with Crippen molar-refractivity contribution in [1.29, 1.82) is 0 Å². The van der Waals surface area contributed by atoms with Crippen molar-refractivity contribution in [1.82, 2.24) is 0 Å². The molecular formula is C32H39ClN2O6S. The second kappa shape index (κ2) is 16.2. The van der Waals surface area contributed by atoms with Gasteiger partial charge in [-0.25, -0.2) is 8.42 Å². The van der Waals surface area contributed by atoms with Gasteiger partial charge in [0.25, 0.3) is 10.0 Å². The summed E-state index contributed by atoms with van der Waals surface area (Å²) < 4.78 is 40.5. The van der Waals surface area contributed by atoms with Crippen LogP contribution in [0.1, 0.15) is 56.7 Å². The Morgan fingerprint density at radius 1 is 1.05 bits per heavy atom. The first-order chi connectivity index (χ1) is 20.1. The summed E-state index contributed by atoms with van der Waals surface area (Å²) in [6, 6.07) is 19.3. The minimum Gasteiger partial charge on any atom is -0.493 e. The maximum atomic E-state index is 14.0. The Kier molecular flexibility index (Phi) is 12.7. The largest absolute Gasteiger partial charge is 0.493 e. The number of rotatable bonds is 16. The number of ether oxygens (including phenoxy) is 2. The lowest BCUT2D eigenvalue weighted by molar-refractivity contribution is -0.143. The van der Waals surface area contributed by atoms with E-state index in [4.69, 9.17) is 25.9 Å². The minimum absolute atomic E-state index is 0.0163. The van der Waals surface area contributed by atoms with Crippen LogP contribution in [0.5, 0.6) is 5.75 Å². The number of carbonyl (C=O) groups excluding carboxylic acids is 1. The van der Waals surface area contributed by atoms with E-state index in [0.29, 0.717) is 50.5 Å². The molecule has 3 aromatic rings. The fraction of sp³-hybridized carbons (Fsp3) is 0.375. The number of oxime groups is 1. The quantitative estimate of drug-likeness (QED) is 0.0984. The molecule has 0 N–H and O–H groups in total. The standard InChI is InChI=1S/C32H39ClN2O6S/c1-5-39-32(36)13-9-10-25(4)35(42(37,38)31-12-8-7-11-30(31)33)28-20-24(3)21-29(22-28)40-19-18-26-14-16-27(17-15-26)23-34-41-6-2/h7-8,11-12,14-17,20-23,25H,5-6,9-10,13,18-19H2,1-4H3. The van der Waals surface area contributed by atoms with Crippen molar-refractivity contribution in [3.8, 4) is 5.75 Å². The molecule has 226 valence electrons. The molecule has 0 radical (unpaired) electrons. The van der Waals surface area contributed by atoms with E-state index in [9.17, 15) is 13.2 Å². The Morgan fingerprint density at radius 2 is 1.79 bits per heavy atom. The fourth-order valence-corrected chi connectivity index (χ4v) is 6.62. The van der Waals surface area contributed by atoms with E-state index in [-0.39, 0.29) is 22.3 Å². The number of nitrogens with zero attached hydrogens (tertiary/aromatic N) is 2. The first-order valence-corrected chi connectivity index (χ1v) is 15.9. The van der Waals surface area contributed by atoms with Gasteiger partial charge in [0.15, 0.2) is 0 Å². The van der Waals surface area contributed by atoms with Gasteiger partial charge in [-0.2, -0.15) is 0 Å². The van der Waals surface area contributed by atoms with Crippen LogP contribution in [0.15, 0.2) is 76.8 Å². The van der Waals surface area contributed by atoms with Crippen LogP contribution in [0.3, 0.4) is 0 Å². The van der Waals surface area contributed by atoms with Gasteiger partial charge in [0, 0.05) is 24.9 Å². The molecule has 8 nitrogen and oxygen atoms in total. The number of sulfonamides is 1. The summed E-state index contributed by atoms with van der Waals surface area (Å²) >= 11 is 6.35. The Balaban J connectivity index is 1.81. The van der Waals surface area contributed by atoms with Crippen LogP contribution in [-0.4, -0.2) is 46.5 Å². The topological polar surface area (TPSA) is 94.5 Å². The van der Waals surface area contributed by atoms with Crippen molar-refractivity contribution in [2.75, 3.05) is 24.1 Å². The van der Waals surface area contributed by atoms with Gasteiger partial charge >= 0.3 is 5.97 Å². The molecule has 0 spiro atoms. The molecule has 0 heterocycles. The summed E-state index contributed by atoms with van der Waals surface area (Å²) in [6.45, 7) is 8.58. The molecule has 0 amide bonds. The third-order valence-corrected chi connectivity index (χ3v) is 8.86. The van der Waals surface area contributed by atoms with Gasteiger partial charge in [0.05, 0.1) is 30.1 Å². The summed E-state index contributed by atoms with van der Waals surface area (Å²) in [5.41, 5.74) is 3.34. The van der Waals surface area contributed by atoms with Gasteiger partial charge in [-0.1, -0.05) is 53.2 Å². The van der Waals surface area contributed by atoms with E-state index in [1.807, 2.05) is 57.2 Å². The summed E-state index contributed by atoms with van der Waals surface area (Å²) in [6.07, 6.45) is 3.45. The zero-order valence-electron chi connectivity index (χ0n) is 24.6. The molecule has 0 aliphatic rings. The number of hydrogen-bond donors (Lipinski definition) is 0. The molecular weight excluding hydrogens is 576 g/mol. The van der Waals surface area contributed by atoms with Gasteiger partial charge in [-0.3, -0.25) is 9.10 Å². The third kappa shape index (κ3) is 9.49. The number of carbonyl (C=O) groups is 1. The third-order valence-electron chi connectivity index (χ3n) is 6.42. The number of hydrogen-bond acceptors (Lipinski definition) is 7. The van der Waals surface area contributed by atoms with Crippen LogP contribution < -0.4 is 9.04 Å². The second-order valence-corrected chi connectivity index (χ2v) is 12.0. The van der Waals surface area contributed by atoms with Crippen molar-refractivity contribution in [2.45, 2.75) is 64.3 Å². The first-order valence-electron chi connectivity index (χ1n) is 14.1. The molecule has 0 aromatic heterocycles. The van der Waals surface area contributed by atoms with Crippen LogP contribution in [0, 0.1) is 6.92 Å². The summed E-state index contributed by atoms with van der Waals surface area (Å²) in [7, 11) is -4.04. The average Bonchev–Trinajstić information content (AvgIpc) is 2.94. The normalized spacial score (nSPS) is 12.2. The van der Waals surface area contributed by atoms with E-state index < -0.39 is 16.1 Å². The summed E-state index contributed by atoms with van der Waals surface area (Å²) in [5, 5.41) is 4.02. The highest BCUT2D eigenvalue weighted by atomic mass is 35.5. The maximum Gasteiger partial charge on any atom is 0.305 e. The predicted octanol–water partition coefficient (Wildman–Crippen LogP) is 6.96. The number of esters is 1. The highest BCUT2D eigenvalue weighted by Gasteiger charge is 2.31. The Morgan fingerprint density at radius 3 is 2.48 bits per heavy atom. The van der Waals surface area contributed by atoms with Crippen LogP contribution in [0.4, 0.5) is 5.69 Å². The zero-order chi connectivity index (χ0) is 30.5. The minimum atomic E-state index is -4.04. The van der Waals surface area contributed by atoms with E-state index in [1.54, 1.807) is 37.4 Å². The molecule has 0 saturated heterocycles. The average molecular weight is 615 g/mol. The number of benzene rings is 3. The lowest BCUT2D eigenvalue weighted by atomic mass is 10.1. The highest BCUT2D eigenvalue weighted by Crippen LogP contribution is 2.34. The maximum absolute atomic E-state index is 14.0. The SMILES string of the molecule is CCON=Cc1ccc(CCOc2cc(C)cc(N(C(C)CCCC(=O)OCC)S(=O)(=O)c3ccccc3Cl)c2)cc1. The van der Waals surface area contributed by atoms with Gasteiger partial charge in [0.1, 0.15) is 17.3 Å². The van der Waals surface area contributed by atoms with Crippen molar-refractivity contribution in [3.63, 3.8) is 0 Å². The van der Waals surface area contributed by atoms with Crippen LogP contribution in [0.25, 0.3) is 0 Å². The molecule has 0 aliphatic heterocycles. The van der Waals surface area contributed by atoms with Gasteiger partial charge in [-0.05, 0) is 81.5 Å². The molecule has 1 unspecified atom stereocenters. The van der Waals surface area contributed by atoms with Gasteiger partial charge in [0.2, 0.25) is 0 Å². The number of aryl methyl sites for hydroxylation is 1. The predicted molar refractivity (Wildman–Crippen MR) is 167 cm³/mol. The number of halogens is 1. The van der Waals surface area contributed by atoms with E-state index in [2.05, 4.69) is 5.16 Å². The van der Waals surface area contributed by atoms with Crippen molar-refractivity contribution >= 4 is 39.5 Å². The molecule has 0 aliphatic carbocycles. The van der Waals surface area contributed by atoms with E-state index in [0.717, 1.165) is 16.7 Å². The van der Waals surface area contributed by atoms with Crippen LogP contribution in [-0.2, 0) is 30.8 Å². The molecule has 3 rings (SSSR count). The Labute approximate surface area is 254 Å². The van der Waals surface area contributed by atoms with Gasteiger partial charge < -0.3 is 14.3 Å². The Bertz CT molecular complexity index is 1440. The summed E-state index contributed by atoms with van der Waals surface area (Å²) in [4.78, 5) is 16.9. The molecule has 1 atom stereocenters. The van der Waals surface area contributed by atoms with Crippen molar-refractivity contribution in [2.24, 2.45) is 5.16 Å². The van der Waals surface area contributed by atoms with E-state index >= 15 is 0 Å². The second-order valence-electron chi connectivity index (χ2n) is 9.77. The number of anilines is 1. The highest BCUT2D eigenvalue weighted by molar-refractivity contribution is 7.93.